The van der Waals surface area contributed by atoms with E-state index in [2.05, 4.69) is 17.6 Å². The third-order valence-electron chi connectivity index (χ3n) is 3.86. The van der Waals surface area contributed by atoms with Gasteiger partial charge in [-0.3, -0.25) is 0 Å². The van der Waals surface area contributed by atoms with Crippen LogP contribution in [0.3, 0.4) is 0 Å². The number of nitrogens with one attached hydrogen (secondary N) is 2. The maximum absolute atomic E-state index is 3.63. The van der Waals surface area contributed by atoms with Gasteiger partial charge in [0.2, 0.25) is 0 Å². The van der Waals surface area contributed by atoms with E-state index >= 15 is 0 Å². The highest BCUT2D eigenvalue weighted by atomic mass is 14.9. The van der Waals surface area contributed by atoms with Crippen LogP contribution in [0, 0.1) is 11.8 Å². The second kappa shape index (κ2) is 4.43. The Balaban J connectivity index is 1.83. The molecule has 2 saturated heterocycles. The highest BCUT2D eigenvalue weighted by Gasteiger charge is 2.28. The van der Waals surface area contributed by atoms with Crippen LogP contribution in [0.2, 0.25) is 0 Å². The fourth-order valence-corrected chi connectivity index (χ4v) is 2.86. The summed E-state index contributed by atoms with van der Waals surface area (Å²) >= 11 is 0. The van der Waals surface area contributed by atoms with Crippen molar-refractivity contribution in [1.82, 2.24) is 10.6 Å². The molecule has 2 N–H and O–H groups in total. The standard InChI is InChI=1S/C11H22N2/c1-9(11-3-2-6-13-11)10-4-7-12-8-5-10/h9-13H,2-8H2,1H3. The molecule has 2 unspecified atom stereocenters. The zero-order chi connectivity index (χ0) is 9.10. The zero-order valence-electron chi connectivity index (χ0n) is 8.68. The van der Waals surface area contributed by atoms with Gasteiger partial charge >= 0.3 is 0 Å². The molecular formula is C11H22N2. The molecule has 0 bridgehead atoms. The fourth-order valence-electron chi connectivity index (χ4n) is 2.86. The molecule has 2 heteroatoms. The number of piperidine rings is 1. The molecule has 2 aliphatic heterocycles. The topological polar surface area (TPSA) is 24.1 Å². The molecule has 2 nitrogen and oxygen atoms in total. The van der Waals surface area contributed by atoms with Crippen molar-refractivity contribution in [3.63, 3.8) is 0 Å². The van der Waals surface area contributed by atoms with Crippen molar-refractivity contribution in [1.29, 1.82) is 0 Å². The lowest BCUT2D eigenvalue weighted by molar-refractivity contribution is 0.231. The molecule has 2 atom stereocenters. The SMILES string of the molecule is CC(C1CCNCC1)C1CCCN1. The lowest BCUT2D eigenvalue weighted by Gasteiger charge is -2.32. The molecule has 0 aliphatic carbocycles. The minimum absolute atomic E-state index is 0.822. The van der Waals surface area contributed by atoms with Crippen molar-refractivity contribution >= 4 is 0 Å². The van der Waals surface area contributed by atoms with Crippen molar-refractivity contribution in [2.75, 3.05) is 19.6 Å². The smallest absolute Gasteiger partial charge is 0.00958 e. The van der Waals surface area contributed by atoms with Gasteiger partial charge in [0, 0.05) is 6.04 Å². The molecule has 0 radical (unpaired) electrons. The van der Waals surface area contributed by atoms with Gasteiger partial charge in [-0.25, -0.2) is 0 Å². The van der Waals surface area contributed by atoms with E-state index in [1.54, 1.807) is 0 Å². The van der Waals surface area contributed by atoms with E-state index < -0.39 is 0 Å². The Morgan fingerprint density at radius 1 is 1.08 bits per heavy atom. The van der Waals surface area contributed by atoms with Crippen LogP contribution < -0.4 is 10.6 Å². The van der Waals surface area contributed by atoms with Gasteiger partial charge in [0.25, 0.3) is 0 Å². The van der Waals surface area contributed by atoms with E-state index in [0.717, 1.165) is 17.9 Å². The molecule has 0 spiro atoms. The molecule has 0 aromatic heterocycles. The lowest BCUT2D eigenvalue weighted by Crippen LogP contribution is -2.38. The summed E-state index contributed by atoms with van der Waals surface area (Å²) < 4.78 is 0. The van der Waals surface area contributed by atoms with Crippen molar-refractivity contribution < 1.29 is 0 Å². The Bertz CT molecular complexity index is 146. The largest absolute Gasteiger partial charge is 0.317 e. The Morgan fingerprint density at radius 3 is 2.46 bits per heavy atom. The van der Waals surface area contributed by atoms with Crippen molar-refractivity contribution in [3.05, 3.63) is 0 Å². The molecule has 2 aliphatic rings. The second-order valence-corrected chi connectivity index (χ2v) is 4.65. The second-order valence-electron chi connectivity index (χ2n) is 4.65. The quantitative estimate of drug-likeness (QED) is 0.674. The van der Waals surface area contributed by atoms with Gasteiger partial charge in [-0.1, -0.05) is 6.92 Å². The van der Waals surface area contributed by atoms with Gasteiger partial charge < -0.3 is 10.6 Å². The summed E-state index contributed by atoms with van der Waals surface area (Å²) in [7, 11) is 0. The predicted molar refractivity (Wildman–Crippen MR) is 55.8 cm³/mol. The minimum Gasteiger partial charge on any atom is -0.317 e. The lowest BCUT2D eigenvalue weighted by atomic mass is 9.81. The van der Waals surface area contributed by atoms with Gasteiger partial charge in [0.05, 0.1) is 0 Å². The van der Waals surface area contributed by atoms with Gasteiger partial charge in [0.1, 0.15) is 0 Å². The van der Waals surface area contributed by atoms with Gasteiger partial charge in [-0.15, -0.1) is 0 Å². The van der Waals surface area contributed by atoms with E-state index in [9.17, 15) is 0 Å². The first-order chi connectivity index (χ1) is 6.38. The third kappa shape index (κ3) is 2.23. The Morgan fingerprint density at radius 2 is 1.85 bits per heavy atom. The van der Waals surface area contributed by atoms with Crippen LogP contribution in [-0.2, 0) is 0 Å². The van der Waals surface area contributed by atoms with Crippen molar-refractivity contribution in [3.8, 4) is 0 Å². The zero-order valence-corrected chi connectivity index (χ0v) is 8.68. The van der Waals surface area contributed by atoms with Gasteiger partial charge in [0.15, 0.2) is 0 Å². The molecular weight excluding hydrogens is 160 g/mol. The Hall–Kier alpha value is -0.0800. The summed E-state index contributed by atoms with van der Waals surface area (Å²) in [5, 5.41) is 7.07. The maximum Gasteiger partial charge on any atom is 0.00958 e. The van der Waals surface area contributed by atoms with Gasteiger partial charge in [-0.05, 0) is 57.2 Å². The highest BCUT2D eigenvalue weighted by molar-refractivity contribution is 4.85. The molecule has 2 rings (SSSR count). The third-order valence-corrected chi connectivity index (χ3v) is 3.86. The molecule has 76 valence electrons. The molecule has 0 amide bonds. The van der Waals surface area contributed by atoms with E-state index in [0.29, 0.717) is 0 Å². The summed E-state index contributed by atoms with van der Waals surface area (Å²) in [4.78, 5) is 0. The number of hydrogen-bond donors (Lipinski definition) is 2. The van der Waals surface area contributed by atoms with Crippen LogP contribution in [-0.4, -0.2) is 25.7 Å². The van der Waals surface area contributed by atoms with E-state index in [1.807, 2.05) is 0 Å². The number of hydrogen-bond acceptors (Lipinski definition) is 2. The summed E-state index contributed by atoms with van der Waals surface area (Å²) in [6, 6.07) is 0.822. The first-order valence-electron chi connectivity index (χ1n) is 5.82. The first kappa shape index (κ1) is 9.47. The molecule has 2 heterocycles. The average molecular weight is 182 g/mol. The monoisotopic (exact) mass is 182 g/mol. The molecule has 13 heavy (non-hydrogen) atoms. The normalized spacial score (nSPS) is 33.5. The fraction of sp³-hybridized carbons (Fsp3) is 1.00. The maximum atomic E-state index is 3.63. The van der Waals surface area contributed by atoms with Crippen molar-refractivity contribution in [2.45, 2.75) is 38.6 Å². The van der Waals surface area contributed by atoms with Crippen LogP contribution in [0.4, 0.5) is 0 Å². The number of rotatable bonds is 2. The summed E-state index contributed by atoms with van der Waals surface area (Å²) in [6.45, 7) is 6.17. The summed E-state index contributed by atoms with van der Waals surface area (Å²) in [5.74, 6) is 1.86. The van der Waals surface area contributed by atoms with Gasteiger partial charge in [-0.2, -0.15) is 0 Å². The first-order valence-corrected chi connectivity index (χ1v) is 5.82. The Labute approximate surface area is 81.5 Å². The predicted octanol–water partition coefficient (Wildman–Crippen LogP) is 1.37. The van der Waals surface area contributed by atoms with E-state index in [-0.39, 0.29) is 0 Å². The molecule has 0 aromatic rings. The van der Waals surface area contributed by atoms with E-state index in [1.165, 1.54) is 45.3 Å². The highest BCUT2D eigenvalue weighted by Crippen LogP contribution is 2.27. The van der Waals surface area contributed by atoms with Crippen LogP contribution in [0.5, 0.6) is 0 Å². The van der Waals surface area contributed by atoms with E-state index in [4.69, 9.17) is 0 Å². The molecule has 0 aromatic carbocycles. The molecule has 2 fully saturated rings. The van der Waals surface area contributed by atoms with Crippen LogP contribution in [0.1, 0.15) is 32.6 Å². The average Bonchev–Trinajstić information content (AvgIpc) is 2.71. The molecule has 0 saturated carbocycles. The summed E-state index contributed by atoms with van der Waals surface area (Å²) in [5.41, 5.74) is 0. The Kier molecular flexibility index (Phi) is 3.23. The van der Waals surface area contributed by atoms with Crippen LogP contribution in [0.25, 0.3) is 0 Å². The minimum atomic E-state index is 0.822. The van der Waals surface area contributed by atoms with Crippen LogP contribution in [0.15, 0.2) is 0 Å². The van der Waals surface area contributed by atoms with Crippen LogP contribution >= 0.6 is 0 Å². The summed E-state index contributed by atoms with van der Waals surface area (Å²) in [6.07, 6.45) is 5.57. The van der Waals surface area contributed by atoms with Crippen molar-refractivity contribution in [2.24, 2.45) is 11.8 Å².